The first-order chi connectivity index (χ1) is 11.6. The highest BCUT2D eigenvalue weighted by Crippen LogP contribution is 2.32. The van der Waals surface area contributed by atoms with Gasteiger partial charge < -0.3 is 9.80 Å². The maximum Gasteiger partial charge on any atom is 0.292 e. The molecule has 0 saturated carbocycles. The van der Waals surface area contributed by atoms with E-state index in [0.717, 1.165) is 32.0 Å². The fourth-order valence-electron chi connectivity index (χ4n) is 3.64. The smallest absolute Gasteiger partial charge is 0.292 e. The van der Waals surface area contributed by atoms with Crippen molar-refractivity contribution < 1.29 is 14.1 Å². The Balaban J connectivity index is 1.66. The summed E-state index contributed by atoms with van der Waals surface area (Å²) in [6, 6.07) is 3.52. The summed E-state index contributed by atoms with van der Waals surface area (Å²) in [7, 11) is 0. The van der Waals surface area contributed by atoms with E-state index >= 15 is 0 Å². The second-order valence-electron chi connectivity index (χ2n) is 6.54. The van der Waals surface area contributed by atoms with Gasteiger partial charge in [0.25, 0.3) is 5.69 Å². The van der Waals surface area contributed by atoms with Gasteiger partial charge in [0.05, 0.1) is 4.92 Å². The first-order valence-corrected chi connectivity index (χ1v) is 8.54. The second-order valence-corrected chi connectivity index (χ2v) is 6.54. The molecular weight excluding hydrogens is 313 g/mol. The molecule has 2 fully saturated rings. The summed E-state index contributed by atoms with van der Waals surface area (Å²) in [5, 5.41) is 11.2. The van der Waals surface area contributed by atoms with Crippen LogP contribution >= 0.6 is 0 Å². The normalized spacial score (nSPS) is 19.4. The summed E-state index contributed by atoms with van der Waals surface area (Å²) in [6.45, 7) is 2.76. The fourth-order valence-corrected chi connectivity index (χ4v) is 3.64. The maximum absolute atomic E-state index is 13.5. The molecule has 0 aliphatic carbocycles. The predicted molar refractivity (Wildman–Crippen MR) is 88.4 cm³/mol. The zero-order valence-electron chi connectivity index (χ0n) is 13.6. The molecule has 1 aromatic carbocycles. The van der Waals surface area contributed by atoms with Crippen molar-refractivity contribution in [1.82, 2.24) is 4.90 Å². The van der Waals surface area contributed by atoms with E-state index in [1.807, 2.05) is 9.80 Å². The quantitative estimate of drug-likeness (QED) is 0.629. The number of anilines is 1. The number of carbonyl (C=O) groups excluding carboxylic acids is 1. The van der Waals surface area contributed by atoms with Gasteiger partial charge in [-0.25, -0.2) is 4.39 Å². The van der Waals surface area contributed by atoms with Crippen LogP contribution in [0.15, 0.2) is 18.2 Å². The van der Waals surface area contributed by atoms with Crippen molar-refractivity contribution in [2.45, 2.75) is 32.1 Å². The molecule has 0 atom stereocenters. The fraction of sp³-hybridized carbons (Fsp3) is 0.588. The molecule has 2 aliphatic heterocycles. The van der Waals surface area contributed by atoms with Crippen LogP contribution in [0.1, 0.15) is 32.1 Å². The number of rotatable bonds is 3. The summed E-state index contributed by atoms with van der Waals surface area (Å²) < 4.78 is 13.5. The van der Waals surface area contributed by atoms with Crippen LogP contribution in [0.2, 0.25) is 0 Å². The van der Waals surface area contributed by atoms with E-state index in [0.29, 0.717) is 31.6 Å². The number of likely N-dealkylation sites (tertiary alicyclic amines) is 1. The van der Waals surface area contributed by atoms with E-state index in [1.54, 1.807) is 0 Å². The van der Waals surface area contributed by atoms with Crippen molar-refractivity contribution in [3.63, 3.8) is 0 Å². The van der Waals surface area contributed by atoms with Crippen LogP contribution < -0.4 is 4.90 Å². The van der Waals surface area contributed by atoms with Gasteiger partial charge in [-0.2, -0.15) is 0 Å². The molecule has 6 nitrogen and oxygen atoms in total. The molecule has 2 aliphatic rings. The van der Waals surface area contributed by atoms with Crippen molar-refractivity contribution in [1.29, 1.82) is 0 Å². The molecule has 24 heavy (non-hydrogen) atoms. The standard InChI is InChI=1S/C17H22FN3O3/c18-14-4-5-15(21(23)24)16(12-14)19-10-6-13(7-11-19)17(22)20-8-2-1-3-9-20/h4-5,12-13H,1-3,6-11H2. The summed E-state index contributed by atoms with van der Waals surface area (Å²) in [6.07, 6.45) is 4.64. The first kappa shape index (κ1) is 16.7. The van der Waals surface area contributed by atoms with Crippen LogP contribution in [0.3, 0.4) is 0 Å². The van der Waals surface area contributed by atoms with Crippen molar-refractivity contribution in [3.05, 3.63) is 34.1 Å². The minimum Gasteiger partial charge on any atom is -0.366 e. The molecule has 0 spiro atoms. The number of piperidine rings is 2. The molecule has 2 heterocycles. The molecule has 130 valence electrons. The summed E-state index contributed by atoms with van der Waals surface area (Å²) in [5.41, 5.74) is 0.223. The van der Waals surface area contributed by atoms with Crippen LogP contribution in [0.5, 0.6) is 0 Å². The Kier molecular flexibility index (Phi) is 4.97. The lowest BCUT2D eigenvalue weighted by Crippen LogP contribution is -2.44. The van der Waals surface area contributed by atoms with Gasteiger partial charge in [0.1, 0.15) is 11.5 Å². The van der Waals surface area contributed by atoms with E-state index in [2.05, 4.69) is 0 Å². The summed E-state index contributed by atoms with van der Waals surface area (Å²) in [5.74, 6) is -0.294. The Bertz CT molecular complexity index is 624. The minimum absolute atomic E-state index is 0.0213. The molecular formula is C17H22FN3O3. The Morgan fingerprint density at radius 1 is 1.12 bits per heavy atom. The average molecular weight is 335 g/mol. The Morgan fingerprint density at radius 3 is 2.42 bits per heavy atom. The van der Waals surface area contributed by atoms with E-state index < -0.39 is 10.7 Å². The topological polar surface area (TPSA) is 66.7 Å². The number of carbonyl (C=O) groups is 1. The van der Waals surface area contributed by atoms with E-state index in [-0.39, 0.29) is 17.5 Å². The van der Waals surface area contributed by atoms with Crippen LogP contribution in [-0.2, 0) is 4.79 Å². The number of amides is 1. The van der Waals surface area contributed by atoms with E-state index in [4.69, 9.17) is 0 Å². The summed E-state index contributed by atoms with van der Waals surface area (Å²) in [4.78, 5) is 27.0. The average Bonchev–Trinajstić information content (AvgIpc) is 2.61. The molecule has 2 saturated heterocycles. The van der Waals surface area contributed by atoms with E-state index in [1.165, 1.54) is 18.6 Å². The van der Waals surface area contributed by atoms with Crippen molar-refractivity contribution in [3.8, 4) is 0 Å². The van der Waals surface area contributed by atoms with Gasteiger partial charge in [-0.1, -0.05) is 0 Å². The van der Waals surface area contributed by atoms with Crippen molar-refractivity contribution >= 4 is 17.3 Å². The highest BCUT2D eigenvalue weighted by atomic mass is 19.1. The Morgan fingerprint density at radius 2 is 1.79 bits per heavy atom. The third kappa shape index (κ3) is 3.49. The molecule has 0 N–H and O–H groups in total. The molecule has 3 rings (SSSR count). The SMILES string of the molecule is O=C(C1CCN(c2cc(F)ccc2[N+](=O)[O-])CC1)N1CCCCC1. The number of hydrogen-bond donors (Lipinski definition) is 0. The van der Waals surface area contributed by atoms with Crippen molar-refractivity contribution in [2.75, 3.05) is 31.1 Å². The Hall–Kier alpha value is -2.18. The van der Waals surface area contributed by atoms with Gasteiger partial charge in [-0.15, -0.1) is 0 Å². The van der Waals surface area contributed by atoms with Gasteiger partial charge in [0, 0.05) is 44.2 Å². The van der Waals surface area contributed by atoms with E-state index in [9.17, 15) is 19.3 Å². The molecule has 1 amide bonds. The van der Waals surface area contributed by atoms with Crippen molar-refractivity contribution in [2.24, 2.45) is 5.92 Å². The monoisotopic (exact) mass is 335 g/mol. The van der Waals surface area contributed by atoms with Gasteiger partial charge in [-0.05, 0) is 38.2 Å². The molecule has 0 radical (unpaired) electrons. The molecule has 7 heteroatoms. The Labute approximate surface area is 140 Å². The van der Waals surface area contributed by atoms with Gasteiger partial charge in [-0.3, -0.25) is 14.9 Å². The van der Waals surface area contributed by atoms with Crippen LogP contribution in [0.4, 0.5) is 15.8 Å². The third-order valence-corrected chi connectivity index (χ3v) is 4.99. The van der Waals surface area contributed by atoms with Gasteiger partial charge in [0.2, 0.25) is 5.91 Å². The second kappa shape index (κ2) is 7.15. The zero-order chi connectivity index (χ0) is 17.1. The lowest BCUT2D eigenvalue weighted by atomic mass is 9.94. The number of nitro benzene ring substituents is 1. The highest BCUT2D eigenvalue weighted by molar-refractivity contribution is 5.79. The number of hydrogen-bond acceptors (Lipinski definition) is 4. The summed E-state index contributed by atoms with van der Waals surface area (Å²) >= 11 is 0. The minimum atomic E-state index is -0.486. The predicted octanol–water partition coefficient (Wildman–Crippen LogP) is 2.96. The third-order valence-electron chi connectivity index (χ3n) is 4.99. The highest BCUT2D eigenvalue weighted by Gasteiger charge is 2.31. The maximum atomic E-state index is 13.5. The lowest BCUT2D eigenvalue weighted by molar-refractivity contribution is -0.384. The first-order valence-electron chi connectivity index (χ1n) is 8.54. The molecule has 1 aromatic rings. The van der Waals surface area contributed by atoms with Crippen LogP contribution in [0, 0.1) is 21.8 Å². The van der Waals surface area contributed by atoms with Crippen LogP contribution in [0.25, 0.3) is 0 Å². The molecule has 0 bridgehead atoms. The largest absolute Gasteiger partial charge is 0.366 e. The number of nitro groups is 1. The number of benzene rings is 1. The zero-order valence-corrected chi connectivity index (χ0v) is 13.6. The van der Waals surface area contributed by atoms with Gasteiger partial charge in [0.15, 0.2) is 0 Å². The van der Waals surface area contributed by atoms with Gasteiger partial charge >= 0.3 is 0 Å². The van der Waals surface area contributed by atoms with Crippen LogP contribution in [-0.4, -0.2) is 41.9 Å². The number of nitrogens with zero attached hydrogens (tertiary/aromatic N) is 3. The molecule has 0 unspecified atom stereocenters. The molecule has 0 aromatic heterocycles. The lowest BCUT2D eigenvalue weighted by Gasteiger charge is -2.36. The number of halogens is 1.